The zero-order valence-electron chi connectivity index (χ0n) is 12.9. The van der Waals surface area contributed by atoms with E-state index < -0.39 is 6.10 Å². The lowest BCUT2D eigenvalue weighted by atomic mass is 9.76. The van der Waals surface area contributed by atoms with Crippen LogP contribution in [0.1, 0.15) is 70.6 Å². The van der Waals surface area contributed by atoms with E-state index in [9.17, 15) is 15.0 Å². The fraction of sp³-hybridized carbons (Fsp3) is 0.833. The molecule has 3 rings (SSSR count). The Morgan fingerprint density at radius 1 is 0.952 bits per heavy atom. The van der Waals surface area contributed by atoms with Gasteiger partial charge in [0.2, 0.25) is 0 Å². The molecule has 2 N–H and O–H groups in total. The van der Waals surface area contributed by atoms with Crippen LogP contribution >= 0.6 is 0 Å². The first-order valence-electron chi connectivity index (χ1n) is 8.81. The summed E-state index contributed by atoms with van der Waals surface area (Å²) in [5.41, 5.74) is 0.977. The molecule has 0 aromatic carbocycles. The highest BCUT2D eigenvalue weighted by molar-refractivity contribution is 5.85. The monoisotopic (exact) mass is 292 g/mol. The maximum absolute atomic E-state index is 12.9. The first kappa shape index (κ1) is 15.1. The minimum Gasteiger partial charge on any atom is -0.510 e. The van der Waals surface area contributed by atoms with Gasteiger partial charge >= 0.3 is 0 Å². The largest absolute Gasteiger partial charge is 0.510 e. The third-order valence-electron chi connectivity index (χ3n) is 5.93. The number of Topliss-reactive ketones (excluding diaryl/α,β-unsaturated/α-hetero) is 1. The lowest BCUT2D eigenvalue weighted by molar-refractivity contribution is -0.132. The Morgan fingerprint density at radius 3 is 2.05 bits per heavy atom. The van der Waals surface area contributed by atoms with Crippen molar-refractivity contribution >= 4 is 5.78 Å². The molecule has 0 saturated heterocycles. The Hall–Kier alpha value is -0.830. The Balaban J connectivity index is 1.79. The SMILES string of the molecule is O=C(C1CCCC1)[C@@H](C1CCCC1)[C@H](O)C(O)=C1CCC1. The molecule has 0 unspecified atom stereocenters. The van der Waals surface area contributed by atoms with Crippen molar-refractivity contribution in [2.75, 3.05) is 0 Å². The van der Waals surface area contributed by atoms with Crippen molar-refractivity contribution in [1.82, 2.24) is 0 Å². The molecule has 3 heteroatoms. The highest BCUT2D eigenvalue weighted by Crippen LogP contribution is 2.41. The molecule has 0 aromatic heterocycles. The van der Waals surface area contributed by atoms with Gasteiger partial charge < -0.3 is 10.2 Å². The van der Waals surface area contributed by atoms with Gasteiger partial charge in [0.05, 0.1) is 5.92 Å². The average Bonchev–Trinajstić information content (AvgIpc) is 3.09. The van der Waals surface area contributed by atoms with Crippen LogP contribution in [-0.4, -0.2) is 22.1 Å². The summed E-state index contributed by atoms with van der Waals surface area (Å²) < 4.78 is 0. The highest BCUT2D eigenvalue weighted by Gasteiger charge is 2.41. The molecular weight excluding hydrogens is 264 g/mol. The normalized spacial score (nSPS) is 26.6. The smallest absolute Gasteiger partial charge is 0.142 e. The number of aliphatic hydroxyl groups is 2. The first-order chi connectivity index (χ1) is 10.2. The van der Waals surface area contributed by atoms with E-state index in [1.165, 1.54) is 0 Å². The summed E-state index contributed by atoms with van der Waals surface area (Å²) >= 11 is 0. The van der Waals surface area contributed by atoms with Gasteiger partial charge in [0, 0.05) is 5.92 Å². The molecule has 0 amide bonds. The number of allylic oxidation sites excluding steroid dienone is 1. The molecule has 118 valence electrons. The summed E-state index contributed by atoms with van der Waals surface area (Å²) in [6.07, 6.45) is 10.5. The van der Waals surface area contributed by atoms with E-state index in [1.807, 2.05) is 0 Å². The molecule has 0 radical (unpaired) electrons. The summed E-state index contributed by atoms with van der Waals surface area (Å²) in [6, 6.07) is 0. The molecule has 0 spiro atoms. The van der Waals surface area contributed by atoms with E-state index in [2.05, 4.69) is 0 Å². The van der Waals surface area contributed by atoms with E-state index in [1.54, 1.807) is 0 Å². The van der Waals surface area contributed by atoms with Gasteiger partial charge in [-0.3, -0.25) is 4.79 Å². The second-order valence-corrected chi connectivity index (χ2v) is 7.24. The number of rotatable bonds is 5. The number of carbonyl (C=O) groups excluding carboxylic acids is 1. The van der Waals surface area contributed by atoms with Gasteiger partial charge in [0.15, 0.2) is 0 Å². The standard InChI is InChI=1S/C18H28O3/c19-16(13-8-3-4-9-13)15(12-6-1-2-7-12)18(21)17(20)14-10-5-11-14/h12-13,15,18,20-21H,1-11H2/t15-,18+/m1/s1. The maximum Gasteiger partial charge on any atom is 0.142 e. The molecule has 2 atom stereocenters. The van der Waals surface area contributed by atoms with Gasteiger partial charge in [-0.25, -0.2) is 0 Å². The molecule has 3 nitrogen and oxygen atoms in total. The number of ketones is 1. The van der Waals surface area contributed by atoms with Crippen LogP contribution in [0.5, 0.6) is 0 Å². The summed E-state index contributed by atoms with van der Waals surface area (Å²) in [4.78, 5) is 12.9. The number of carbonyl (C=O) groups is 1. The van der Waals surface area contributed by atoms with Crippen molar-refractivity contribution < 1.29 is 15.0 Å². The van der Waals surface area contributed by atoms with Crippen molar-refractivity contribution in [3.8, 4) is 0 Å². The number of hydrogen-bond donors (Lipinski definition) is 2. The van der Waals surface area contributed by atoms with Gasteiger partial charge in [-0.15, -0.1) is 0 Å². The lowest BCUT2D eigenvalue weighted by Gasteiger charge is -2.31. The maximum atomic E-state index is 12.9. The van der Waals surface area contributed by atoms with Crippen molar-refractivity contribution in [3.63, 3.8) is 0 Å². The third kappa shape index (κ3) is 3.03. The van der Waals surface area contributed by atoms with Crippen molar-refractivity contribution in [2.45, 2.75) is 76.7 Å². The highest BCUT2D eigenvalue weighted by atomic mass is 16.3. The fourth-order valence-corrected chi connectivity index (χ4v) is 4.43. The summed E-state index contributed by atoms with van der Waals surface area (Å²) in [5, 5.41) is 21.0. The molecule has 0 heterocycles. The Kier molecular flexibility index (Phi) is 4.68. The molecule has 0 aliphatic heterocycles. The number of aliphatic hydroxyl groups excluding tert-OH is 2. The van der Waals surface area contributed by atoms with Gasteiger partial charge in [0.1, 0.15) is 17.6 Å². The molecular formula is C18H28O3. The quantitative estimate of drug-likeness (QED) is 0.755. The van der Waals surface area contributed by atoms with E-state index in [0.717, 1.165) is 76.2 Å². The Bertz CT molecular complexity index is 408. The first-order valence-corrected chi connectivity index (χ1v) is 8.81. The van der Waals surface area contributed by atoms with Crippen LogP contribution in [0, 0.1) is 17.8 Å². The molecule has 3 saturated carbocycles. The van der Waals surface area contributed by atoms with Crippen LogP contribution in [0.25, 0.3) is 0 Å². The molecule has 3 aliphatic carbocycles. The lowest BCUT2D eigenvalue weighted by Crippen LogP contribution is -2.38. The molecule has 21 heavy (non-hydrogen) atoms. The zero-order valence-corrected chi connectivity index (χ0v) is 12.9. The Morgan fingerprint density at radius 2 is 1.52 bits per heavy atom. The fourth-order valence-electron chi connectivity index (χ4n) is 4.43. The number of hydrogen-bond acceptors (Lipinski definition) is 3. The van der Waals surface area contributed by atoms with E-state index in [0.29, 0.717) is 0 Å². The van der Waals surface area contributed by atoms with E-state index in [4.69, 9.17) is 0 Å². The van der Waals surface area contributed by atoms with E-state index in [-0.39, 0.29) is 29.3 Å². The van der Waals surface area contributed by atoms with Crippen LogP contribution in [0.3, 0.4) is 0 Å². The minimum absolute atomic E-state index is 0.129. The predicted molar refractivity (Wildman–Crippen MR) is 81.9 cm³/mol. The summed E-state index contributed by atoms with van der Waals surface area (Å²) in [7, 11) is 0. The summed E-state index contributed by atoms with van der Waals surface area (Å²) in [6.45, 7) is 0. The average molecular weight is 292 g/mol. The molecule has 0 bridgehead atoms. The third-order valence-corrected chi connectivity index (χ3v) is 5.93. The Labute approximate surface area is 127 Å². The second kappa shape index (κ2) is 6.51. The predicted octanol–water partition coefficient (Wildman–Crippen LogP) is 3.91. The molecule has 0 aromatic rings. The van der Waals surface area contributed by atoms with Gasteiger partial charge in [-0.2, -0.15) is 0 Å². The second-order valence-electron chi connectivity index (χ2n) is 7.24. The zero-order chi connectivity index (χ0) is 14.8. The van der Waals surface area contributed by atoms with Crippen LogP contribution in [0.2, 0.25) is 0 Å². The van der Waals surface area contributed by atoms with E-state index >= 15 is 0 Å². The van der Waals surface area contributed by atoms with Crippen LogP contribution in [0.15, 0.2) is 11.3 Å². The van der Waals surface area contributed by atoms with Crippen molar-refractivity contribution in [3.05, 3.63) is 11.3 Å². The van der Waals surface area contributed by atoms with Gasteiger partial charge in [-0.1, -0.05) is 25.7 Å². The van der Waals surface area contributed by atoms with Crippen molar-refractivity contribution in [1.29, 1.82) is 0 Å². The molecule has 3 aliphatic rings. The minimum atomic E-state index is -0.948. The van der Waals surface area contributed by atoms with Crippen LogP contribution in [0.4, 0.5) is 0 Å². The molecule has 3 fully saturated rings. The van der Waals surface area contributed by atoms with Crippen LogP contribution < -0.4 is 0 Å². The van der Waals surface area contributed by atoms with Crippen LogP contribution in [-0.2, 0) is 4.79 Å². The van der Waals surface area contributed by atoms with Crippen molar-refractivity contribution in [2.24, 2.45) is 17.8 Å². The topological polar surface area (TPSA) is 57.5 Å². The van der Waals surface area contributed by atoms with Gasteiger partial charge in [-0.05, 0) is 56.4 Å². The van der Waals surface area contributed by atoms with Gasteiger partial charge in [0.25, 0.3) is 0 Å². The summed E-state index contributed by atoms with van der Waals surface area (Å²) in [5.74, 6) is 0.409.